The molecule has 3 N–H and O–H groups in total. The lowest BCUT2D eigenvalue weighted by Crippen LogP contribution is -2.40. The third-order valence-corrected chi connectivity index (χ3v) is 2.26. The van der Waals surface area contributed by atoms with Gasteiger partial charge in [0, 0.05) is 5.56 Å². The van der Waals surface area contributed by atoms with Crippen LogP contribution in [-0.4, -0.2) is 24.8 Å². The molecule has 102 valence electrons. The molecule has 0 fully saturated rings. The van der Waals surface area contributed by atoms with Crippen molar-refractivity contribution in [2.24, 2.45) is 10.9 Å². The molecule has 0 aliphatic heterocycles. The molecule has 0 aromatic heterocycles. The van der Waals surface area contributed by atoms with Crippen molar-refractivity contribution >= 4 is 30.6 Å². The molecule has 0 aliphatic carbocycles. The second kappa shape index (κ2) is 7.39. The van der Waals surface area contributed by atoms with E-state index in [9.17, 15) is 9.59 Å². The predicted molar refractivity (Wildman–Crippen MR) is 71.5 cm³/mol. The van der Waals surface area contributed by atoms with Gasteiger partial charge in [-0.1, -0.05) is 29.4 Å². The molecule has 1 aromatic rings. The Balaban J connectivity index is 3.16. The zero-order valence-corrected chi connectivity index (χ0v) is 11.0. The molecule has 0 saturated carbocycles. The first kappa shape index (κ1) is 15.0. The van der Waals surface area contributed by atoms with Crippen molar-refractivity contribution in [3.05, 3.63) is 35.4 Å². The Morgan fingerprint density at radius 1 is 1.42 bits per heavy atom. The summed E-state index contributed by atoms with van der Waals surface area (Å²) in [6.07, 6.45) is 0. The molecule has 0 unspecified atom stereocenters. The molecule has 0 radical (unpaired) electrons. The number of amides is 3. The highest BCUT2D eigenvalue weighted by atomic mass is 32.1. The summed E-state index contributed by atoms with van der Waals surface area (Å²) >= 11 is 3.66. The first-order valence-electron chi connectivity index (χ1n) is 5.16. The fourth-order valence-electron chi connectivity index (χ4n) is 1.42. The van der Waals surface area contributed by atoms with E-state index in [1.54, 1.807) is 24.3 Å². The maximum absolute atomic E-state index is 11.8. The standard InChI is InChI=1S/C11H13N3O4S/c1-17-14-9(10(15)13-11(12)16)8-5-3-2-4-7(8)6-18-19/h2-5,19H,6H2,1H3,(H3,12,13,15,16)/b14-9+. The number of nitrogens with zero attached hydrogens (tertiary/aromatic N) is 1. The Morgan fingerprint density at radius 2 is 2.11 bits per heavy atom. The third kappa shape index (κ3) is 4.27. The van der Waals surface area contributed by atoms with E-state index < -0.39 is 11.9 Å². The average Bonchev–Trinajstić information content (AvgIpc) is 2.36. The van der Waals surface area contributed by atoms with Gasteiger partial charge in [-0.25, -0.2) is 4.79 Å². The van der Waals surface area contributed by atoms with E-state index in [2.05, 4.69) is 22.9 Å². The lowest BCUT2D eigenvalue weighted by atomic mass is 10.0. The molecule has 0 saturated heterocycles. The number of imide groups is 1. The van der Waals surface area contributed by atoms with E-state index in [1.165, 1.54) is 7.11 Å². The van der Waals surface area contributed by atoms with E-state index in [4.69, 9.17) is 9.92 Å². The molecular weight excluding hydrogens is 270 g/mol. The summed E-state index contributed by atoms with van der Waals surface area (Å²) in [7, 11) is 1.29. The highest BCUT2D eigenvalue weighted by Crippen LogP contribution is 2.13. The Hall–Kier alpha value is -2.06. The zero-order valence-electron chi connectivity index (χ0n) is 10.1. The van der Waals surface area contributed by atoms with Gasteiger partial charge in [0.1, 0.15) is 7.11 Å². The first-order chi connectivity index (χ1) is 9.10. The average molecular weight is 283 g/mol. The second-order valence-electron chi connectivity index (χ2n) is 3.37. The Labute approximate surface area is 115 Å². The van der Waals surface area contributed by atoms with Gasteiger partial charge >= 0.3 is 6.03 Å². The first-order valence-corrected chi connectivity index (χ1v) is 5.53. The minimum Gasteiger partial charge on any atom is -0.398 e. The summed E-state index contributed by atoms with van der Waals surface area (Å²) in [5.74, 6) is -0.763. The number of benzene rings is 1. The van der Waals surface area contributed by atoms with Gasteiger partial charge in [0.05, 0.1) is 6.61 Å². The monoisotopic (exact) mass is 283 g/mol. The third-order valence-electron chi connectivity index (χ3n) is 2.13. The van der Waals surface area contributed by atoms with E-state index in [1.807, 2.05) is 5.32 Å². The van der Waals surface area contributed by atoms with Gasteiger partial charge in [0.25, 0.3) is 5.91 Å². The molecule has 0 aliphatic rings. The van der Waals surface area contributed by atoms with E-state index >= 15 is 0 Å². The van der Waals surface area contributed by atoms with Crippen molar-refractivity contribution in [2.45, 2.75) is 6.61 Å². The van der Waals surface area contributed by atoms with Crippen LogP contribution in [0.25, 0.3) is 0 Å². The zero-order chi connectivity index (χ0) is 14.3. The minimum absolute atomic E-state index is 0.0812. The molecular formula is C11H13N3O4S. The number of nitrogens with two attached hydrogens (primary N) is 1. The van der Waals surface area contributed by atoms with Crippen molar-refractivity contribution < 1.29 is 18.6 Å². The molecule has 1 rings (SSSR count). The lowest BCUT2D eigenvalue weighted by Gasteiger charge is -2.09. The van der Waals surface area contributed by atoms with Gasteiger partial charge in [-0.05, 0) is 18.5 Å². The van der Waals surface area contributed by atoms with Crippen LogP contribution in [0.1, 0.15) is 11.1 Å². The summed E-state index contributed by atoms with van der Waals surface area (Å²) in [6, 6.07) is 5.87. The normalized spacial score (nSPS) is 10.9. The number of thiol groups is 1. The Kier molecular flexibility index (Phi) is 5.83. The number of nitrogens with one attached hydrogen (secondary N) is 1. The molecule has 0 bridgehead atoms. The van der Waals surface area contributed by atoms with Crippen LogP contribution in [0.5, 0.6) is 0 Å². The van der Waals surface area contributed by atoms with Crippen LogP contribution in [0.15, 0.2) is 29.4 Å². The summed E-state index contributed by atoms with van der Waals surface area (Å²) in [5.41, 5.74) is 5.93. The van der Waals surface area contributed by atoms with Crippen LogP contribution in [0, 0.1) is 0 Å². The van der Waals surface area contributed by atoms with Crippen LogP contribution in [0.3, 0.4) is 0 Å². The van der Waals surface area contributed by atoms with Gasteiger partial charge < -0.3 is 14.8 Å². The van der Waals surface area contributed by atoms with E-state index in [0.29, 0.717) is 11.1 Å². The van der Waals surface area contributed by atoms with Gasteiger partial charge in [-0.15, -0.1) is 0 Å². The summed E-state index contributed by atoms with van der Waals surface area (Å²) in [6.45, 7) is 0.159. The largest absolute Gasteiger partial charge is 0.398 e. The maximum atomic E-state index is 11.8. The number of urea groups is 1. The summed E-state index contributed by atoms with van der Waals surface area (Å²) in [5, 5.41) is 5.53. The number of carbonyl (C=O) groups excluding carboxylic acids is 2. The molecule has 0 spiro atoms. The predicted octanol–water partition coefficient (Wildman–Crippen LogP) is 0.593. The highest BCUT2D eigenvalue weighted by molar-refractivity contribution is 7.75. The number of hydrogen-bond donors (Lipinski definition) is 3. The molecule has 3 amide bonds. The van der Waals surface area contributed by atoms with Crippen LogP contribution in [-0.2, 0) is 20.4 Å². The Morgan fingerprint density at radius 3 is 2.68 bits per heavy atom. The van der Waals surface area contributed by atoms with Crippen LogP contribution in [0.4, 0.5) is 4.79 Å². The topological polar surface area (TPSA) is 103 Å². The Bertz CT molecular complexity index is 504. The van der Waals surface area contributed by atoms with Gasteiger partial charge in [0.2, 0.25) is 0 Å². The van der Waals surface area contributed by atoms with E-state index in [-0.39, 0.29) is 12.3 Å². The van der Waals surface area contributed by atoms with Crippen molar-refractivity contribution in [1.82, 2.24) is 5.32 Å². The fourth-order valence-corrected chi connectivity index (χ4v) is 1.56. The second-order valence-corrected chi connectivity index (χ2v) is 3.63. The number of primary amides is 1. The molecule has 1 aromatic carbocycles. The van der Waals surface area contributed by atoms with Crippen LogP contribution < -0.4 is 11.1 Å². The number of oxime groups is 1. The van der Waals surface area contributed by atoms with Crippen LogP contribution >= 0.6 is 12.9 Å². The van der Waals surface area contributed by atoms with Gasteiger partial charge in [-0.2, -0.15) is 0 Å². The number of hydrogen-bond acceptors (Lipinski definition) is 6. The van der Waals surface area contributed by atoms with Crippen molar-refractivity contribution in [3.8, 4) is 0 Å². The van der Waals surface area contributed by atoms with Gasteiger partial charge in [0.15, 0.2) is 5.71 Å². The van der Waals surface area contributed by atoms with E-state index in [0.717, 1.165) is 0 Å². The number of rotatable bonds is 5. The van der Waals surface area contributed by atoms with Crippen molar-refractivity contribution in [2.75, 3.05) is 7.11 Å². The summed E-state index contributed by atoms with van der Waals surface area (Å²) < 4.78 is 4.73. The molecule has 0 atom stereocenters. The van der Waals surface area contributed by atoms with Crippen molar-refractivity contribution in [3.63, 3.8) is 0 Å². The van der Waals surface area contributed by atoms with Gasteiger partial charge in [-0.3, -0.25) is 10.1 Å². The van der Waals surface area contributed by atoms with Crippen LogP contribution in [0.2, 0.25) is 0 Å². The quantitative estimate of drug-likeness (QED) is 0.318. The maximum Gasteiger partial charge on any atom is 0.319 e. The molecule has 19 heavy (non-hydrogen) atoms. The summed E-state index contributed by atoms with van der Waals surface area (Å²) in [4.78, 5) is 27.1. The SMILES string of the molecule is CO/N=C(/C(=O)NC(N)=O)c1ccccc1COS. The highest BCUT2D eigenvalue weighted by Gasteiger charge is 2.19. The molecule has 0 heterocycles. The fraction of sp³-hybridized carbons (Fsp3) is 0.182. The van der Waals surface area contributed by atoms with Crippen molar-refractivity contribution in [1.29, 1.82) is 0 Å². The minimum atomic E-state index is -0.975. The lowest BCUT2D eigenvalue weighted by molar-refractivity contribution is -0.113. The smallest absolute Gasteiger partial charge is 0.319 e. The molecule has 7 nitrogen and oxygen atoms in total. The number of carbonyl (C=O) groups is 2. The molecule has 8 heteroatoms.